The Bertz CT molecular complexity index is 297. The predicted molar refractivity (Wildman–Crippen MR) is 74.0 cm³/mol. The molecule has 1 unspecified atom stereocenters. The summed E-state index contributed by atoms with van der Waals surface area (Å²) in [5, 5.41) is 0. The highest BCUT2D eigenvalue weighted by Gasteiger charge is 2.22. The van der Waals surface area contributed by atoms with Gasteiger partial charge in [0.15, 0.2) is 0 Å². The number of rotatable bonds is 6. The Morgan fingerprint density at radius 3 is 2.29 bits per heavy atom. The number of hydrogen-bond acceptors (Lipinski definition) is 1. The van der Waals surface area contributed by atoms with Gasteiger partial charge in [-0.3, -0.25) is 0 Å². The van der Waals surface area contributed by atoms with E-state index in [1.165, 1.54) is 12.0 Å². The van der Waals surface area contributed by atoms with E-state index < -0.39 is 0 Å². The molecule has 1 aromatic rings. The molecule has 0 aliphatic rings. The first-order valence-electron chi connectivity index (χ1n) is 6.65. The van der Waals surface area contributed by atoms with Crippen LogP contribution in [0.3, 0.4) is 0 Å². The fourth-order valence-corrected chi connectivity index (χ4v) is 2.24. The lowest BCUT2D eigenvalue weighted by atomic mass is 9.77. The topological polar surface area (TPSA) is 9.23 Å². The van der Waals surface area contributed by atoms with Crippen molar-refractivity contribution in [3.63, 3.8) is 0 Å². The molecule has 0 saturated heterocycles. The molecule has 1 nitrogen and oxygen atoms in total. The second kappa shape index (κ2) is 6.80. The molecule has 0 bridgehead atoms. The van der Waals surface area contributed by atoms with E-state index in [4.69, 9.17) is 4.74 Å². The van der Waals surface area contributed by atoms with Crippen molar-refractivity contribution in [3.8, 4) is 0 Å². The third-order valence-corrected chi connectivity index (χ3v) is 3.44. The van der Waals surface area contributed by atoms with Gasteiger partial charge in [-0.2, -0.15) is 0 Å². The minimum absolute atomic E-state index is 0.394. The maximum absolute atomic E-state index is 5.75. The molecular formula is C16H26O. The van der Waals surface area contributed by atoms with E-state index in [0.717, 1.165) is 25.6 Å². The van der Waals surface area contributed by atoms with E-state index >= 15 is 0 Å². The molecule has 1 aromatic carbocycles. The Hall–Kier alpha value is -0.820. The minimum atomic E-state index is 0.394. The van der Waals surface area contributed by atoms with Crippen molar-refractivity contribution >= 4 is 0 Å². The van der Waals surface area contributed by atoms with Crippen LogP contribution in [0.4, 0.5) is 0 Å². The molecular weight excluding hydrogens is 208 g/mol. The number of hydrogen-bond donors (Lipinski definition) is 0. The highest BCUT2D eigenvalue weighted by Crippen LogP contribution is 2.31. The monoisotopic (exact) mass is 234 g/mol. The molecule has 0 spiro atoms. The second-order valence-electron chi connectivity index (χ2n) is 5.80. The molecule has 1 heteroatoms. The highest BCUT2D eigenvalue weighted by molar-refractivity contribution is 5.13. The summed E-state index contributed by atoms with van der Waals surface area (Å²) in [6, 6.07) is 10.4. The van der Waals surface area contributed by atoms with Gasteiger partial charge in [-0.05, 0) is 23.3 Å². The zero-order chi connectivity index (χ0) is 12.7. The van der Waals surface area contributed by atoms with Gasteiger partial charge in [0.1, 0.15) is 0 Å². The largest absolute Gasteiger partial charge is 0.377 e. The molecule has 0 radical (unpaired) electrons. The van der Waals surface area contributed by atoms with E-state index in [9.17, 15) is 0 Å². The van der Waals surface area contributed by atoms with Crippen molar-refractivity contribution in [2.75, 3.05) is 6.61 Å². The molecule has 0 aliphatic heterocycles. The van der Waals surface area contributed by atoms with Gasteiger partial charge in [-0.15, -0.1) is 0 Å². The second-order valence-corrected chi connectivity index (χ2v) is 5.80. The molecule has 96 valence electrons. The SMILES string of the molecule is CCC(CCOCc1ccccc1)C(C)(C)C. The summed E-state index contributed by atoms with van der Waals surface area (Å²) in [6.07, 6.45) is 2.39. The van der Waals surface area contributed by atoms with E-state index in [1.54, 1.807) is 0 Å². The molecule has 0 fully saturated rings. The summed E-state index contributed by atoms with van der Waals surface area (Å²) >= 11 is 0. The minimum Gasteiger partial charge on any atom is -0.377 e. The van der Waals surface area contributed by atoms with Crippen LogP contribution in [-0.2, 0) is 11.3 Å². The Kier molecular flexibility index (Phi) is 5.70. The van der Waals surface area contributed by atoms with Crippen LogP contribution < -0.4 is 0 Å². The fraction of sp³-hybridized carbons (Fsp3) is 0.625. The van der Waals surface area contributed by atoms with Crippen molar-refractivity contribution in [1.29, 1.82) is 0 Å². The molecule has 0 amide bonds. The van der Waals surface area contributed by atoms with Crippen molar-refractivity contribution in [2.24, 2.45) is 11.3 Å². The van der Waals surface area contributed by atoms with Crippen LogP contribution in [0.1, 0.15) is 46.1 Å². The van der Waals surface area contributed by atoms with Crippen molar-refractivity contribution in [1.82, 2.24) is 0 Å². The summed E-state index contributed by atoms with van der Waals surface area (Å²) in [7, 11) is 0. The van der Waals surface area contributed by atoms with Crippen LogP contribution in [0.2, 0.25) is 0 Å². The van der Waals surface area contributed by atoms with Crippen LogP contribution >= 0.6 is 0 Å². The average Bonchev–Trinajstić information content (AvgIpc) is 2.28. The Labute approximate surface area is 106 Å². The van der Waals surface area contributed by atoms with Crippen molar-refractivity contribution in [3.05, 3.63) is 35.9 Å². The molecule has 0 aromatic heterocycles. The van der Waals surface area contributed by atoms with Crippen molar-refractivity contribution < 1.29 is 4.74 Å². The van der Waals surface area contributed by atoms with E-state index in [0.29, 0.717) is 5.41 Å². The third kappa shape index (κ3) is 5.36. The molecule has 0 saturated carbocycles. The van der Waals surface area contributed by atoms with E-state index in [-0.39, 0.29) is 0 Å². The van der Waals surface area contributed by atoms with Crippen LogP contribution in [0.25, 0.3) is 0 Å². The Balaban J connectivity index is 2.24. The van der Waals surface area contributed by atoms with Crippen LogP contribution in [0, 0.1) is 11.3 Å². The lowest BCUT2D eigenvalue weighted by Crippen LogP contribution is -2.21. The van der Waals surface area contributed by atoms with Gasteiger partial charge in [0, 0.05) is 6.61 Å². The van der Waals surface area contributed by atoms with Crippen LogP contribution in [-0.4, -0.2) is 6.61 Å². The van der Waals surface area contributed by atoms with Gasteiger partial charge in [0.2, 0.25) is 0 Å². The first-order valence-corrected chi connectivity index (χ1v) is 6.65. The lowest BCUT2D eigenvalue weighted by Gasteiger charge is -2.29. The molecule has 0 heterocycles. The standard InChI is InChI=1S/C16H26O/c1-5-15(16(2,3)4)11-12-17-13-14-9-7-6-8-10-14/h6-10,15H,5,11-13H2,1-4H3. The quantitative estimate of drug-likeness (QED) is 0.650. The molecule has 1 atom stereocenters. The lowest BCUT2D eigenvalue weighted by molar-refractivity contribution is 0.0854. The number of benzene rings is 1. The van der Waals surface area contributed by atoms with E-state index in [1.807, 2.05) is 6.07 Å². The zero-order valence-corrected chi connectivity index (χ0v) is 11.7. The molecule has 0 aliphatic carbocycles. The Morgan fingerprint density at radius 2 is 1.76 bits per heavy atom. The maximum Gasteiger partial charge on any atom is 0.0716 e. The summed E-state index contributed by atoms with van der Waals surface area (Å²) in [5.41, 5.74) is 1.65. The van der Waals surface area contributed by atoms with Gasteiger partial charge >= 0.3 is 0 Å². The van der Waals surface area contributed by atoms with E-state index in [2.05, 4.69) is 52.0 Å². The summed E-state index contributed by atoms with van der Waals surface area (Å²) in [6.45, 7) is 10.8. The first-order chi connectivity index (χ1) is 8.04. The third-order valence-electron chi connectivity index (χ3n) is 3.44. The summed E-state index contributed by atoms with van der Waals surface area (Å²) in [4.78, 5) is 0. The summed E-state index contributed by atoms with van der Waals surface area (Å²) < 4.78 is 5.75. The molecule has 1 rings (SSSR count). The molecule has 0 N–H and O–H groups in total. The summed E-state index contributed by atoms with van der Waals surface area (Å²) in [5.74, 6) is 0.748. The fourth-order valence-electron chi connectivity index (χ4n) is 2.24. The van der Waals surface area contributed by atoms with Gasteiger partial charge in [0.05, 0.1) is 6.61 Å². The zero-order valence-electron chi connectivity index (χ0n) is 11.7. The van der Waals surface area contributed by atoms with Crippen LogP contribution in [0.5, 0.6) is 0 Å². The van der Waals surface area contributed by atoms with Gasteiger partial charge in [0.25, 0.3) is 0 Å². The first kappa shape index (κ1) is 14.2. The number of ether oxygens (including phenoxy) is 1. The van der Waals surface area contributed by atoms with Gasteiger partial charge < -0.3 is 4.74 Å². The predicted octanol–water partition coefficient (Wildman–Crippen LogP) is 4.67. The van der Waals surface area contributed by atoms with Crippen molar-refractivity contribution in [2.45, 2.75) is 47.1 Å². The van der Waals surface area contributed by atoms with Gasteiger partial charge in [-0.25, -0.2) is 0 Å². The van der Waals surface area contributed by atoms with Gasteiger partial charge in [-0.1, -0.05) is 64.4 Å². The average molecular weight is 234 g/mol. The molecule has 17 heavy (non-hydrogen) atoms. The normalized spacial score (nSPS) is 13.6. The smallest absolute Gasteiger partial charge is 0.0716 e. The van der Waals surface area contributed by atoms with Crippen LogP contribution in [0.15, 0.2) is 30.3 Å². The highest BCUT2D eigenvalue weighted by atomic mass is 16.5. The Morgan fingerprint density at radius 1 is 1.12 bits per heavy atom. The maximum atomic E-state index is 5.75.